The molecule has 0 aliphatic carbocycles. The molecule has 1 aromatic rings. The molecule has 5 heteroatoms. The highest BCUT2D eigenvalue weighted by Gasteiger charge is 2.26. The largest absolute Gasteiger partial charge is 0.368 e. The minimum Gasteiger partial charge on any atom is -0.368 e. The van der Waals surface area contributed by atoms with Gasteiger partial charge in [-0.3, -0.25) is 4.90 Å². The van der Waals surface area contributed by atoms with E-state index in [0.29, 0.717) is 5.95 Å². The van der Waals surface area contributed by atoms with Crippen molar-refractivity contribution in [1.29, 1.82) is 0 Å². The maximum Gasteiger partial charge on any atom is 0.222 e. The van der Waals surface area contributed by atoms with E-state index in [2.05, 4.69) is 40.5 Å². The SMILES string of the molecule is Cc1cc(N2CCN(C(C)(C)C)CC2)nc(N)n1. The highest BCUT2D eigenvalue weighted by molar-refractivity contribution is 5.43. The number of rotatable bonds is 1. The lowest BCUT2D eigenvalue weighted by atomic mass is 10.1. The van der Waals surface area contributed by atoms with Gasteiger partial charge in [-0.1, -0.05) is 0 Å². The van der Waals surface area contributed by atoms with E-state index in [1.807, 2.05) is 13.0 Å². The summed E-state index contributed by atoms with van der Waals surface area (Å²) in [5.41, 5.74) is 6.87. The van der Waals surface area contributed by atoms with Crippen LogP contribution in [0.1, 0.15) is 26.5 Å². The zero-order valence-electron chi connectivity index (χ0n) is 11.8. The van der Waals surface area contributed by atoms with Gasteiger partial charge in [0.2, 0.25) is 5.95 Å². The molecule has 0 bridgehead atoms. The predicted octanol–water partition coefficient (Wildman–Crippen LogP) is 1.29. The summed E-state index contributed by atoms with van der Waals surface area (Å²) in [5.74, 6) is 1.32. The lowest BCUT2D eigenvalue weighted by molar-refractivity contribution is 0.128. The quantitative estimate of drug-likeness (QED) is 0.812. The molecule has 1 aliphatic heterocycles. The third kappa shape index (κ3) is 2.90. The van der Waals surface area contributed by atoms with Crippen LogP contribution in [-0.2, 0) is 0 Å². The van der Waals surface area contributed by atoms with Crippen molar-refractivity contribution in [3.8, 4) is 0 Å². The molecule has 18 heavy (non-hydrogen) atoms. The molecule has 0 atom stereocenters. The Labute approximate surface area is 109 Å². The summed E-state index contributed by atoms with van der Waals surface area (Å²) in [6.07, 6.45) is 0. The van der Waals surface area contributed by atoms with Crippen LogP contribution >= 0.6 is 0 Å². The standard InChI is InChI=1S/C13H23N5/c1-10-9-11(16-12(14)15-10)17-5-7-18(8-6-17)13(2,3)4/h9H,5-8H2,1-4H3,(H2,14,15,16). The number of nitrogens with zero attached hydrogens (tertiary/aromatic N) is 4. The van der Waals surface area contributed by atoms with Crippen LogP contribution in [0, 0.1) is 6.92 Å². The van der Waals surface area contributed by atoms with E-state index in [1.54, 1.807) is 0 Å². The van der Waals surface area contributed by atoms with Gasteiger partial charge < -0.3 is 10.6 Å². The number of hydrogen-bond acceptors (Lipinski definition) is 5. The van der Waals surface area contributed by atoms with E-state index >= 15 is 0 Å². The predicted molar refractivity (Wildman–Crippen MR) is 74.7 cm³/mol. The highest BCUT2D eigenvalue weighted by Crippen LogP contribution is 2.20. The van der Waals surface area contributed by atoms with Gasteiger partial charge in [0.25, 0.3) is 0 Å². The molecule has 100 valence electrons. The van der Waals surface area contributed by atoms with E-state index in [9.17, 15) is 0 Å². The zero-order chi connectivity index (χ0) is 13.3. The molecule has 2 heterocycles. The molecule has 2 N–H and O–H groups in total. The summed E-state index contributed by atoms with van der Waals surface area (Å²) in [4.78, 5) is 13.2. The Morgan fingerprint density at radius 3 is 2.22 bits per heavy atom. The molecule has 1 saturated heterocycles. The Balaban J connectivity index is 2.05. The van der Waals surface area contributed by atoms with E-state index < -0.39 is 0 Å². The Morgan fingerprint density at radius 2 is 1.72 bits per heavy atom. The van der Waals surface area contributed by atoms with E-state index in [0.717, 1.165) is 37.7 Å². The second kappa shape index (κ2) is 4.72. The average molecular weight is 249 g/mol. The fourth-order valence-corrected chi connectivity index (χ4v) is 2.34. The van der Waals surface area contributed by atoms with Crippen molar-refractivity contribution in [2.75, 3.05) is 36.8 Å². The van der Waals surface area contributed by atoms with Gasteiger partial charge in [0.1, 0.15) is 5.82 Å². The number of nitrogens with two attached hydrogens (primary N) is 1. The number of piperazine rings is 1. The van der Waals surface area contributed by atoms with Crippen molar-refractivity contribution < 1.29 is 0 Å². The van der Waals surface area contributed by atoms with Gasteiger partial charge >= 0.3 is 0 Å². The van der Waals surface area contributed by atoms with Gasteiger partial charge in [-0.2, -0.15) is 4.98 Å². The molecule has 0 saturated carbocycles. The molecular weight excluding hydrogens is 226 g/mol. The molecule has 2 rings (SSSR count). The summed E-state index contributed by atoms with van der Waals surface area (Å²) in [6.45, 7) is 12.8. The van der Waals surface area contributed by atoms with E-state index in [4.69, 9.17) is 5.73 Å². The first kappa shape index (κ1) is 13.1. The zero-order valence-corrected chi connectivity index (χ0v) is 11.8. The number of hydrogen-bond donors (Lipinski definition) is 1. The Kier molecular flexibility index (Phi) is 3.43. The van der Waals surface area contributed by atoms with Crippen LogP contribution in [0.15, 0.2) is 6.07 Å². The van der Waals surface area contributed by atoms with Crippen LogP contribution in [0.4, 0.5) is 11.8 Å². The molecule has 0 unspecified atom stereocenters. The van der Waals surface area contributed by atoms with Crippen LogP contribution in [-0.4, -0.2) is 46.6 Å². The molecule has 0 radical (unpaired) electrons. The molecule has 0 spiro atoms. The average Bonchev–Trinajstić information content (AvgIpc) is 2.27. The number of aromatic nitrogens is 2. The van der Waals surface area contributed by atoms with Crippen LogP contribution in [0.5, 0.6) is 0 Å². The van der Waals surface area contributed by atoms with Crippen LogP contribution < -0.4 is 10.6 Å². The van der Waals surface area contributed by atoms with Gasteiger partial charge in [0.05, 0.1) is 0 Å². The van der Waals surface area contributed by atoms with E-state index in [-0.39, 0.29) is 5.54 Å². The maximum atomic E-state index is 5.70. The molecule has 1 aliphatic rings. The van der Waals surface area contributed by atoms with Crippen LogP contribution in [0.25, 0.3) is 0 Å². The number of aryl methyl sites for hydroxylation is 1. The molecule has 5 nitrogen and oxygen atoms in total. The second-order valence-electron chi connectivity index (χ2n) is 5.87. The van der Waals surface area contributed by atoms with Gasteiger partial charge in [-0.05, 0) is 27.7 Å². The first-order chi connectivity index (χ1) is 8.36. The van der Waals surface area contributed by atoms with Crippen LogP contribution in [0.2, 0.25) is 0 Å². The summed E-state index contributed by atoms with van der Waals surface area (Å²) in [6, 6.07) is 2.00. The molecule has 1 aromatic heterocycles. The van der Waals surface area contributed by atoms with Crippen LogP contribution in [0.3, 0.4) is 0 Å². The first-order valence-corrected chi connectivity index (χ1v) is 6.47. The van der Waals surface area contributed by atoms with Crippen molar-refractivity contribution in [2.24, 2.45) is 0 Å². The smallest absolute Gasteiger partial charge is 0.222 e. The minimum atomic E-state index is 0.243. The van der Waals surface area contributed by atoms with E-state index in [1.165, 1.54) is 0 Å². The summed E-state index contributed by atoms with van der Waals surface area (Å²) in [7, 11) is 0. The van der Waals surface area contributed by atoms with Crippen molar-refractivity contribution in [1.82, 2.24) is 14.9 Å². The lowest BCUT2D eigenvalue weighted by Gasteiger charge is -2.42. The van der Waals surface area contributed by atoms with Crippen molar-refractivity contribution in [3.05, 3.63) is 11.8 Å². The topological polar surface area (TPSA) is 58.3 Å². The second-order valence-corrected chi connectivity index (χ2v) is 5.87. The van der Waals surface area contributed by atoms with Gasteiger partial charge in [-0.25, -0.2) is 4.98 Å². The Bertz CT molecular complexity index is 396. The normalized spacial score (nSPS) is 18.1. The van der Waals surface area contributed by atoms with Crippen molar-refractivity contribution >= 4 is 11.8 Å². The highest BCUT2D eigenvalue weighted by atomic mass is 15.3. The third-order valence-corrected chi connectivity index (χ3v) is 3.41. The van der Waals surface area contributed by atoms with Gasteiger partial charge in [0.15, 0.2) is 0 Å². The summed E-state index contributed by atoms with van der Waals surface area (Å²) in [5, 5.41) is 0. The van der Waals surface area contributed by atoms with Gasteiger partial charge in [0, 0.05) is 43.5 Å². The third-order valence-electron chi connectivity index (χ3n) is 3.41. The first-order valence-electron chi connectivity index (χ1n) is 6.47. The fourth-order valence-electron chi connectivity index (χ4n) is 2.34. The monoisotopic (exact) mass is 249 g/mol. The number of anilines is 2. The summed E-state index contributed by atoms with van der Waals surface area (Å²) < 4.78 is 0. The molecular formula is C13H23N5. The molecule has 1 fully saturated rings. The maximum absolute atomic E-state index is 5.70. The van der Waals surface area contributed by atoms with Gasteiger partial charge in [-0.15, -0.1) is 0 Å². The Hall–Kier alpha value is -1.36. The Morgan fingerprint density at radius 1 is 1.11 bits per heavy atom. The summed E-state index contributed by atoms with van der Waals surface area (Å²) >= 11 is 0. The molecule has 0 amide bonds. The minimum absolute atomic E-state index is 0.243. The number of nitrogen functional groups attached to an aromatic ring is 1. The van der Waals surface area contributed by atoms with Crippen molar-refractivity contribution in [2.45, 2.75) is 33.2 Å². The fraction of sp³-hybridized carbons (Fsp3) is 0.692. The lowest BCUT2D eigenvalue weighted by Crippen LogP contribution is -2.53. The van der Waals surface area contributed by atoms with Crippen molar-refractivity contribution in [3.63, 3.8) is 0 Å². The molecule has 0 aromatic carbocycles.